The van der Waals surface area contributed by atoms with Crippen LogP contribution in [0.4, 0.5) is 4.79 Å². The Morgan fingerprint density at radius 2 is 1.53 bits per heavy atom. The van der Waals surface area contributed by atoms with Gasteiger partial charge in [0.15, 0.2) is 0 Å². The van der Waals surface area contributed by atoms with Crippen LogP contribution in [0.15, 0.2) is 65.8 Å². The van der Waals surface area contributed by atoms with Gasteiger partial charge in [0.05, 0.1) is 43.0 Å². The van der Waals surface area contributed by atoms with Gasteiger partial charge in [0.1, 0.15) is 23.7 Å². The molecule has 3 aromatic carbocycles. The number of carbonyl (C=O) groups excluding carboxylic acids is 3. The molecule has 5 aromatic rings. The van der Waals surface area contributed by atoms with Crippen LogP contribution < -0.4 is 5.32 Å². The summed E-state index contributed by atoms with van der Waals surface area (Å²) in [6.45, 7) is 9.04. The number of carbonyl (C=O) groups is 3. The van der Waals surface area contributed by atoms with Gasteiger partial charge >= 0.3 is 6.09 Å². The molecule has 0 bridgehead atoms. The zero-order valence-corrected chi connectivity index (χ0v) is 34.2. The quantitative estimate of drug-likeness (QED) is 0.0459. The number of H-pyrrole nitrogens is 2. The number of rotatable bonds is 14. The standard InChI is InChI=1S/C44H54N8O6/c1-26(2)38(46-25-58-57-6)42(53)52-20-8-10-37(52)41-48-34-18-16-32(23-35(34)49-41)31-15-14-29-21-28(11-13-30(29)22-31)12-17-33-24-45-40(47-33)36-9-7-19-51(36)43(54)39(27(3)4)50-44(55)56-5/h11,13-16,18,21-27,36-39H,7-10,12,17,19-20H2,1-6H3,(H,45,47)(H,48,49)(H,50,55)/b46-25+/t36-,37-,38-,39-/m0/s1. The Morgan fingerprint density at radius 1 is 0.845 bits per heavy atom. The molecule has 3 N–H and O–H groups in total. The van der Waals surface area contributed by atoms with Gasteiger partial charge in [-0.25, -0.2) is 19.8 Å². The summed E-state index contributed by atoms with van der Waals surface area (Å²) in [6, 6.07) is 17.8. The fraction of sp³-hybridized carbons (Fsp3) is 0.455. The molecule has 7 rings (SSSR count). The normalized spacial score (nSPS) is 18.2. The van der Waals surface area contributed by atoms with E-state index in [9.17, 15) is 14.4 Å². The van der Waals surface area contributed by atoms with E-state index < -0.39 is 18.2 Å². The molecule has 0 radical (unpaired) electrons. The van der Waals surface area contributed by atoms with E-state index in [1.165, 1.54) is 26.2 Å². The molecule has 3 amide bonds. The first-order valence-electron chi connectivity index (χ1n) is 20.3. The summed E-state index contributed by atoms with van der Waals surface area (Å²) in [4.78, 5) is 73.3. The predicted octanol–water partition coefficient (Wildman–Crippen LogP) is 7.23. The molecule has 0 spiro atoms. The van der Waals surface area contributed by atoms with Crippen LogP contribution in [0, 0.1) is 11.8 Å². The molecule has 306 valence electrons. The second kappa shape index (κ2) is 17.8. The number of nitrogens with one attached hydrogen (secondary N) is 3. The Kier molecular flexibility index (Phi) is 12.4. The Bertz CT molecular complexity index is 2280. The van der Waals surface area contributed by atoms with Gasteiger partial charge in [-0.2, -0.15) is 4.89 Å². The Hall–Kier alpha value is -5.76. The summed E-state index contributed by atoms with van der Waals surface area (Å²) in [5, 5.41) is 5.02. The van der Waals surface area contributed by atoms with Crippen LogP contribution in [0.5, 0.6) is 0 Å². The number of benzene rings is 3. The molecule has 4 atom stereocenters. The van der Waals surface area contributed by atoms with E-state index in [0.29, 0.717) is 13.1 Å². The second-order valence-electron chi connectivity index (χ2n) is 16.0. The van der Waals surface area contributed by atoms with Crippen molar-refractivity contribution in [2.24, 2.45) is 16.8 Å². The summed E-state index contributed by atoms with van der Waals surface area (Å²) >= 11 is 0. The van der Waals surface area contributed by atoms with E-state index in [-0.39, 0.29) is 35.7 Å². The fourth-order valence-corrected chi connectivity index (χ4v) is 8.27. The van der Waals surface area contributed by atoms with Crippen molar-refractivity contribution >= 4 is 46.1 Å². The lowest BCUT2D eigenvalue weighted by Gasteiger charge is -2.29. The zero-order chi connectivity index (χ0) is 40.9. The number of hydrogen-bond acceptors (Lipinski definition) is 9. The van der Waals surface area contributed by atoms with E-state index in [4.69, 9.17) is 19.6 Å². The number of fused-ring (bicyclic) bond motifs is 2. The molecule has 2 saturated heterocycles. The number of likely N-dealkylation sites (tertiary alicyclic amines) is 2. The van der Waals surface area contributed by atoms with Crippen molar-refractivity contribution in [2.45, 2.75) is 90.4 Å². The number of aromatic amines is 2. The highest BCUT2D eigenvalue weighted by Crippen LogP contribution is 2.35. The number of hydrogen-bond donors (Lipinski definition) is 3. The molecule has 58 heavy (non-hydrogen) atoms. The third kappa shape index (κ3) is 8.71. The number of methoxy groups -OCH3 is 1. The maximum Gasteiger partial charge on any atom is 0.407 e. The number of aliphatic imine (C=N–C) groups is 1. The fourth-order valence-electron chi connectivity index (χ4n) is 8.27. The molecule has 2 aliphatic rings. The molecule has 4 heterocycles. The van der Waals surface area contributed by atoms with Crippen LogP contribution in [0.25, 0.3) is 32.9 Å². The van der Waals surface area contributed by atoms with Gasteiger partial charge in [-0.05, 0) is 96.0 Å². The molecule has 2 fully saturated rings. The molecule has 0 aliphatic carbocycles. The van der Waals surface area contributed by atoms with Gasteiger partial charge in [0.2, 0.25) is 18.2 Å². The average Bonchev–Trinajstić information content (AvgIpc) is 4.06. The number of amides is 3. The van der Waals surface area contributed by atoms with Gasteiger partial charge < -0.3 is 34.7 Å². The zero-order valence-electron chi connectivity index (χ0n) is 34.2. The smallest absolute Gasteiger partial charge is 0.407 e. The first-order valence-corrected chi connectivity index (χ1v) is 20.3. The second-order valence-corrected chi connectivity index (χ2v) is 16.0. The number of alkyl carbamates (subject to hydrolysis) is 1. The number of nitrogens with zero attached hydrogens (tertiary/aromatic N) is 5. The Balaban J connectivity index is 1.00. The van der Waals surface area contributed by atoms with Crippen molar-refractivity contribution < 1.29 is 28.9 Å². The third-order valence-corrected chi connectivity index (χ3v) is 11.4. The molecule has 0 unspecified atom stereocenters. The van der Waals surface area contributed by atoms with Crippen LogP contribution in [0.3, 0.4) is 0 Å². The maximum absolute atomic E-state index is 13.6. The van der Waals surface area contributed by atoms with Crippen molar-refractivity contribution in [1.82, 2.24) is 35.1 Å². The van der Waals surface area contributed by atoms with Crippen LogP contribution in [-0.2, 0) is 36.9 Å². The van der Waals surface area contributed by atoms with Crippen LogP contribution in [0.1, 0.15) is 88.4 Å². The number of aryl methyl sites for hydroxylation is 2. The van der Waals surface area contributed by atoms with E-state index in [0.717, 1.165) is 88.8 Å². The van der Waals surface area contributed by atoms with E-state index in [1.54, 1.807) is 0 Å². The maximum atomic E-state index is 13.6. The monoisotopic (exact) mass is 790 g/mol. The van der Waals surface area contributed by atoms with E-state index >= 15 is 0 Å². The van der Waals surface area contributed by atoms with Gasteiger partial charge in [-0.15, -0.1) is 0 Å². The predicted molar refractivity (Wildman–Crippen MR) is 222 cm³/mol. The highest BCUT2D eigenvalue weighted by molar-refractivity contribution is 5.90. The summed E-state index contributed by atoms with van der Waals surface area (Å²) in [5.41, 5.74) is 6.13. The third-order valence-electron chi connectivity index (χ3n) is 11.4. The highest BCUT2D eigenvalue weighted by atomic mass is 17.2. The lowest BCUT2D eigenvalue weighted by Crippen LogP contribution is -2.51. The summed E-state index contributed by atoms with van der Waals surface area (Å²) < 4.78 is 4.76. The van der Waals surface area contributed by atoms with Crippen molar-refractivity contribution in [1.29, 1.82) is 0 Å². The molecule has 14 heteroatoms. The number of ether oxygens (including phenoxy) is 1. The van der Waals surface area contributed by atoms with Crippen LogP contribution in [-0.4, -0.2) is 93.4 Å². The minimum atomic E-state index is -0.666. The SMILES string of the molecule is COO/C=N/[C@H](C(=O)N1CCC[C@H]1c1nc2cc(-c3ccc4cc(CCc5c[nH]c([C@@H]6CCCN6C(=O)[C@@H](NC(=O)OC)C(C)C)n5)ccc4c3)ccc2[nH]1)C(C)C. The van der Waals surface area contributed by atoms with Crippen LogP contribution in [0.2, 0.25) is 0 Å². The molecule has 14 nitrogen and oxygen atoms in total. The minimum absolute atomic E-state index is 0.00817. The largest absolute Gasteiger partial charge is 0.453 e. The highest BCUT2D eigenvalue weighted by Gasteiger charge is 2.38. The minimum Gasteiger partial charge on any atom is -0.453 e. The van der Waals surface area contributed by atoms with Gasteiger partial charge in [-0.3, -0.25) is 9.59 Å². The number of imidazole rings is 2. The van der Waals surface area contributed by atoms with Gasteiger partial charge in [0, 0.05) is 19.3 Å². The van der Waals surface area contributed by atoms with Crippen molar-refractivity contribution in [3.8, 4) is 11.1 Å². The first-order chi connectivity index (χ1) is 28.0. The van der Waals surface area contributed by atoms with E-state index in [2.05, 4.69) is 79.8 Å². The summed E-state index contributed by atoms with van der Waals surface area (Å²) in [7, 11) is 2.70. The molecule has 0 saturated carbocycles. The summed E-state index contributed by atoms with van der Waals surface area (Å²) in [6.07, 6.45) is 7.51. The summed E-state index contributed by atoms with van der Waals surface area (Å²) in [5.74, 6) is 1.31. The average molecular weight is 791 g/mol. The van der Waals surface area contributed by atoms with Gasteiger partial charge in [-0.1, -0.05) is 64.1 Å². The Morgan fingerprint density at radius 3 is 2.26 bits per heavy atom. The van der Waals surface area contributed by atoms with Crippen molar-refractivity contribution in [2.75, 3.05) is 27.3 Å². The lowest BCUT2D eigenvalue weighted by atomic mass is 9.98. The number of aromatic nitrogens is 4. The van der Waals surface area contributed by atoms with E-state index in [1.807, 2.05) is 43.7 Å². The molecule has 2 aliphatic heterocycles. The molecular formula is C44H54N8O6. The Labute approximate surface area is 338 Å². The molecule has 2 aromatic heterocycles. The molecular weight excluding hydrogens is 737 g/mol. The van der Waals surface area contributed by atoms with Crippen molar-refractivity contribution in [3.05, 3.63) is 83.7 Å². The first kappa shape index (κ1) is 40.4. The topological polar surface area (TPSA) is 167 Å². The van der Waals surface area contributed by atoms with Crippen LogP contribution >= 0.6 is 0 Å². The lowest BCUT2D eigenvalue weighted by molar-refractivity contribution is -0.188. The van der Waals surface area contributed by atoms with Crippen molar-refractivity contribution in [3.63, 3.8) is 0 Å². The van der Waals surface area contributed by atoms with Gasteiger partial charge in [0.25, 0.3) is 0 Å².